The maximum atomic E-state index is 12.2. The Morgan fingerprint density at radius 3 is 1.85 bits per heavy atom. The van der Waals surface area contributed by atoms with Crippen molar-refractivity contribution in [3.8, 4) is 0 Å². The van der Waals surface area contributed by atoms with Crippen LogP contribution in [0.2, 0.25) is 0 Å². The van der Waals surface area contributed by atoms with Gasteiger partial charge >= 0.3 is 0 Å². The molecule has 0 aromatic heterocycles. The lowest BCUT2D eigenvalue weighted by molar-refractivity contribution is 0.0846. The van der Waals surface area contributed by atoms with Crippen LogP contribution in [0.3, 0.4) is 0 Å². The van der Waals surface area contributed by atoms with Crippen LogP contribution in [0, 0.1) is 0 Å². The molecule has 27 heavy (non-hydrogen) atoms. The van der Waals surface area contributed by atoms with Crippen molar-refractivity contribution in [1.29, 1.82) is 0 Å². The van der Waals surface area contributed by atoms with Crippen molar-refractivity contribution in [2.75, 3.05) is 14.1 Å². The van der Waals surface area contributed by atoms with Crippen LogP contribution in [-0.2, 0) is 10.0 Å². The van der Waals surface area contributed by atoms with Crippen LogP contribution in [0.15, 0.2) is 53.4 Å². The van der Waals surface area contributed by atoms with Crippen LogP contribution in [-0.4, -0.2) is 44.5 Å². The average Bonchev–Trinajstić information content (AvgIpc) is 2.65. The van der Waals surface area contributed by atoms with Gasteiger partial charge in [0.2, 0.25) is 15.9 Å². The molecule has 2 aromatic carbocycles. The fourth-order valence-electron chi connectivity index (χ4n) is 2.08. The molecule has 0 atom stereocenters. The molecule has 0 aliphatic rings. The van der Waals surface area contributed by atoms with E-state index in [1.165, 1.54) is 62.6 Å². The molecule has 0 saturated heterocycles. The highest BCUT2D eigenvalue weighted by Crippen LogP contribution is 2.14. The van der Waals surface area contributed by atoms with Crippen molar-refractivity contribution in [3.63, 3.8) is 0 Å². The Morgan fingerprint density at radius 2 is 1.33 bits per heavy atom. The van der Waals surface area contributed by atoms with Gasteiger partial charge in [-0.25, -0.2) is 12.7 Å². The van der Waals surface area contributed by atoms with Gasteiger partial charge in [-0.15, -0.1) is 0 Å². The van der Waals surface area contributed by atoms with Crippen molar-refractivity contribution in [1.82, 2.24) is 15.2 Å². The topological polar surface area (TPSA) is 139 Å². The number of nitrogens with two attached hydrogens (primary N) is 1. The van der Waals surface area contributed by atoms with Crippen molar-refractivity contribution >= 4 is 27.7 Å². The minimum atomic E-state index is -3.70. The van der Waals surface area contributed by atoms with E-state index in [9.17, 15) is 22.8 Å². The van der Waals surface area contributed by atoms with Gasteiger partial charge in [-0.2, -0.15) is 0 Å². The molecule has 4 N–H and O–H groups in total. The SMILES string of the molecule is CN(C)S(=O)(=O)c1cccc(C(=O)NNC(=O)c2cccc(C(N)=O)c2)c1. The van der Waals surface area contributed by atoms with Gasteiger partial charge in [0.1, 0.15) is 0 Å². The second kappa shape index (κ2) is 7.98. The molecule has 0 aliphatic heterocycles. The van der Waals surface area contributed by atoms with E-state index in [0.29, 0.717) is 0 Å². The Balaban J connectivity index is 2.11. The highest BCUT2D eigenvalue weighted by Gasteiger charge is 2.19. The average molecular weight is 390 g/mol. The van der Waals surface area contributed by atoms with Crippen LogP contribution in [0.5, 0.6) is 0 Å². The zero-order chi connectivity index (χ0) is 20.2. The number of carbonyl (C=O) groups is 3. The standard InChI is InChI=1S/C17H18N4O5S/c1-21(2)27(25,26)14-8-4-7-13(10-14)17(24)20-19-16(23)12-6-3-5-11(9-12)15(18)22/h3-10H,1-2H3,(H2,18,22)(H,19,23)(H,20,24). The highest BCUT2D eigenvalue weighted by atomic mass is 32.2. The minimum Gasteiger partial charge on any atom is -0.366 e. The van der Waals surface area contributed by atoms with E-state index >= 15 is 0 Å². The summed E-state index contributed by atoms with van der Waals surface area (Å²) in [5, 5.41) is 0. The molecule has 0 bridgehead atoms. The fraction of sp³-hybridized carbons (Fsp3) is 0.118. The van der Waals surface area contributed by atoms with Gasteiger partial charge in [-0.05, 0) is 36.4 Å². The summed E-state index contributed by atoms with van der Waals surface area (Å²) in [6.07, 6.45) is 0. The van der Waals surface area contributed by atoms with Crippen LogP contribution in [0.4, 0.5) is 0 Å². The largest absolute Gasteiger partial charge is 0.366 e. The van der Waals surface area contributed by atoms with Gasteiger partial charge in [-0.1, -0.05) is 12.1 Å². The normalized spacial score (nSPS) is 11.1. The molecular formula is C17H18N4O5S. The molecule has 0 radical (unpaired) electrons. The molecule has 142 valence electrons. The summed E-state index contributed by atoms with van der Waals surface area (Å²) in [5.41, 5.74) is 9.86. The third-order valence-corrected chi connectivity index (χ3v) is 5.38. The molecule has 0 aliphatic carbocycles. The summed E-state index contributed by atoms with van der Waals surface area (Å²) < 4.78 is 25.3. The van der Waals surface area contributed by atoms with Crippen molar-refractivity contribution in [3.05, 3.63) is 65.2 Å². The number of hydrogen-bond acceptors (Lipinski definition) is 5. The number of nitrogens with one attached hydrogen (secondary N) is 2. The molecule has 0 unspecified atom stereocenters. The van der Waals surface area contributed by atoms with E-state index < -0.39 is 27.7 Å². The molecule has 0 saturated carbocycles. The molecule has 9 nitrogen and oxygen atoms in total. The lowest BCUT2D eigenvalue weighted by Crippen LogP contribution is -2.41. The monoisotopic (exact) mass is 390 g/mol. The number of carbonyl (C=O) groups excluding carboxylic acids is 3. The number of hydrogen-bond donors (Lipinski definition) is 3. The van der Waals surface area contributed by atoms with Crippen molar-refractivity contribution in [2.24, 2.45) is 5.73 Å². The van der Waals surface area contributed by atoms with Gasteiger partial charge in [0.25, 0.3) is 11.8 Å². The van der Waals surface area contributed by atoms with Crippen LogP contribution in [0.25, 0.3) is 0 Å². The van der Waals surface area contributed by atoms with Crippen LogP contribution in [0.1, 0.15) is 31.1 Å². The van der Waals surface area contributed by atoms with Gasteiger partial charge in [0.05, 0.1) is 4.90 Å². The zero-order valence-electron chi connectivity index (χ0n) is 14.6. The predicted octanol–water partition coefficient (Wildman–Crippen LogP) is 0.111. The third-order valence-electron chi connectivity index (χ3n) is 3.57. The Labute approximate surface area is 156 Å². The van der Waals surface area contributed by atoms with Gasteiger partial charge in [0, 0.05) is 30.8 Å². The zero-order valence-corrected chi connectivity index (χ0v) is 15.4. The van der Waals surface area contributed by atoms with Crippen LogP contribution >= 0.6 is 0 Å². The number of nitrogens with zero attached hydrogens (tertiary/aromatic N) is 1. The van der Waals surface area contributed by atoms with Crippen molar-refractivity contribution in [2.45, 2.75) is 4.90 Å². The second-order valence-electron chi connectivity index (χ2n) is 5.67. The summed E-state index contributed by atoms with van der Waals surface area (Å²) in [6, 6.07) is 11.0. The molecule has 10 heteroatoms. The third kappa shape index (κ3) is 4.68. The molecule has 3 amide bonds. The molecule has 0 heterocycles. The lowest BCUT2D eigenvalue weighted by Gasteiger charge is -2.12. The molecule has 2 aromatic rings. The van der Waals surface area contributed by atoms with E-state index in [4.69, 9.17) is 5.73 Å². The summed E-state index contributed by atoms with van der Waals surface area (Å²) in [4.78, 5) is 35.4. The number of rotatable bonds is 5. The lowest BCUT2D eigenvalue weighted by atomic mass is 10.1. The summed E-state index contributed by atoms with van der Waals surface area (Å²) in [6.45, 7) is 0. The van der Waals surface area contributed by atoms with E-state index in [1.54, 1.807) is 0 Å². The Kier molecular flexibility index (Phi) is 5.93. The first-order chi connectivity index (χ1) is 12.6. The van der Waals surface area contributed by atoms with E-state index in [2.05, 4.69) is 10.9 Å². The Morgan fingerprint density at radius 1 is 0.852 bits per heavy atom. The van der Waals surface area contributed by atoms with E-state index in [-0.39, 0.29) is 21.6 Å². The number of amides is 3. The van der Waals surface area contributed by atoms with Gasteiger partial charge < -0.3 is 5.73 Å². The Hall–Kier alpha value is -3.24. The first-order valence-electron chi connectivity index (χ1n) is 7.66. The van der Waals surface area contributed by atoms with E-state index in [0.717, 1.165) is 4.31 Å². The maximum absolute atomic E-state index is 12.2. The minimum absolute atomic E-state index is 0.0455. The van der Waals surface area contributed by atoms with Crippen LogP contribution < -0.4 is 16.6 Å². The molecular weight excluding hydrogens is 372 g/mol. The van der Waals surface area contributed by atoms with Gasteiger partial charge in [0.15, 0.2) is 0 Å². The highest BCUT2D eigenvalue weighted by molar-refractivity contribution is 7.89. The molecule has 0 spiro atoms. The first kappa shape index (κ1) is 20.1. The summed E-state index contributed by atoms with van der Waals surface area (Å²) in [5.74, 6) is -2.05. The number of sulfonamides is 1. The maximum Gasteiger partial charge on any atom is 0.269 e. The molecule has 2 rings (SSSR count). The number of benzene rings is 2. The molecule has 0 fully saturated rings. The summed E-state index contributed by atoms with van der Waals surface area (Å²) >= 11 is 0. The smallest absolute Gasteiger partial charge is 0.269 e. The number of hydrazine groups is 1. The van der Waals surface area contributed by atoms with E-state index in [1.807, 2.05) is 0 Å². The number of primary amides is 1. The first-order valence-corrected chi connectivity index (χ1v) is 9.10. The predicted molar refractivity (Wildman–Crippen MR) is 97.2 cm³/mol. The van der Waals surface area contributed by atoms with Gasteiger partial charge in [-0.3, -0.25) is 25.2 Å². The quantitative estimate of drug-likeness (QED) is 0.622. The van der Waals surface area contributed by atoms with Crippen molar-refractivity contribution < 1.29 is 22.8 Å². The second-order valence-corrected chi connectivity index (χ2v) is 7.82. The summed E-state index contributed by atoms with van der Waals surface area (Å²) in [7, 11) is -0.943. The fourth-order valence-corrected chi connectivity index (χ4v) is 3.03. The Bertz CT molecular complexity index is 1000.